The van der Waals surface area contributed by atoms with Gasteiger partial charge in [-0.2, -0.15) is 0 Å². The van der Waals surface area contributed by atoms with Crippen molar-refractivity contribution in [1.29, 1.82) is 0 Å². The van der Waals surface area contributed by atoms with Crippen molar-refractivity contribution >= 4 is 11.6 Å². The highest BCUT2D eigenvalue weighted by atomic mass is 16.2. The van der Waals surface area contributed by atoms with E-state index in [-0.39, 0.29) is 11.6 Å². The van der Waals surface area contributed by atoms with Crippen LogP contribution >= 0.6 is 0 Å². The second-order valence-corrected chi connectivity index (χ2v) is 5.67. The zero-order valence-electron chi connectivity index (χ0n) is 12.5. The molecule has 1 atom stereocenters. The predicted molar refractivity (Wildman–Crippen MR) is 85.1 cm³/mol. The molecule has 1 aliphatic heterocycles. The first-order valence-corrected chi connectivity index (χ1v) is 7.37. The Morgan fingerprint density at radius 2 is 1.71 bits per heavy atom. The maximum atomic E-state index is 12.9. The van der Waals surface area contributed by atoms with Crippen LogP contribution in [0.15, 0.2) is 54.6 Å². The van der Waals surface area contributed by atoms with Crippen molar-refractivity contribution < 1.29 is 4.79 Å². The van der Waals surface area contributed by atoms with Crippen molar-refractivity contribution in [1.82, 2.24) is 4.90 Å². The minimum atomic E-state index is -0.360. The average Bonchev–Trinajstić information content (AvgIpc) is 2.52. The third-order valence-corrected chi connectivity index (χ3v) is 4.27. The lowest BCUT2D eigenvalue weighted by molar-refractivity contribution is 0.0507. The van der Waals surface area contributed by atoms with Gasteiger partial charge in [0.2, 0.25) is 0 Å². The molecule has 0 saturated heterocycles. The van der Waals surface area contributed by atoms with E-state index >= 15 is 0 Å². The number of hydrogen-bond donors (Lipinski definition) is 1. The third kappa shape index (κ3) is 2.40. The lowest BCUT2D eigenvalue weighted by Gasteiger charge is -2.46. The third-order valence-electron chi connectivity index (χ3n) is 4.27. The summed E-state index contributed by atoms with van der Waals surface area (Å²) in [7, 11) is 0. The Labute approximate surface area is 125 Å². The molecule has 1 N–H and O–H groups in total. The van der Waals surface area contributed by atoms with Gasteiger partial charge < -0.3 is 10.2 Å². The van der Waals surface area contributed by atoms with Gasteiger partial charge in [0, 0.05) is 12.2 Å². The van der Waals surface area contributed by atoms with Gasteiger partial charge >= 0.3 is 0 Å². The van der Waals surface area contributed by atoms with Crippen molar-refractivity contribution in [2.24, 2.45) is 0 Å². The molecule has 0 saturated carbocycles. The standard InChI is InChI=1S/C18H20N2O/c1-3-18(2)19-16-12-8-7-11-15(16)17(21)20(18)13-14-9-5-4-6-10-14/h4-12,19H,3,13H2,1-2H3/t18-/m1/s1. The molecular weight excluding hydrogens is 260 g/mol. The monoisotopic (exact) mass is 280 g/mol. The molecule has 2 aromatic rings. The highest BCUT2D eigenvalue weighted by Gasteiger charge is 2.39. The fraction of sp³-hybridized carbons (Fsp3) is 0.278. The number of rotatable bonds is 3. The molecule has 0 spiro atoms. The van der Waals surface area contributed by atoms with Crippen molar-refractivity contribution in [2.45, 2.75) is 32.5 Å². The van der Waals surface area contributed by atoms with Gasteiger partial charge in [0.1, 0.15) is 5.66 Å². The van der Waals surface area contributed by atoms with Crippen LogP contribution in [-0.4, -0.2) is 16.5 Å². The van der Waals surface area contributed by atoms with E-state index in [1.54, 1.807) is 0 Å². The topological polar surface area (TPSA) is 32.3 Å². The van der Waals surface area contributed by atoms with E-state index in [4.69, 9.17) is 0 Å². The molecule has 3 rings (SSSR count). The van der Waals surface area contributed by atoms with Crippen LogP contribution < -0.4 is 5.32 Å². The van der Waals surface area contributed by atoms with Crippen molar-refractivity contribution in [2.75, 3.05) is 5.32 Å². The lowest BCUT2D eigenvalue weighted by atomic mass is 9.97. The normalized spacial score (nSPS) is 20.9. The maximum Gasteiger partial charge on any atom is 0.258 e. The molecule has 3 heteroatoms. The highest BCUT2D eigenvalue weighted by Crippen LogP contribution is 2.33. The molecule has 0 aromatic heterocycles. The second kappa shape index (κ2) is 5.24. The Bertz CT molecular complexity index is 653. The SMILES string of the molecule is CC[C@]1(C)Nc2ccccc2C(=O)N1Cc1ccccc1. The number of nitrogens with one attached hydrogen (secondary N) is 1. The summed E-state index contributed by atoms with van der Waals surface area (Å²) in [6.07, 6.45) is 0.847. The van der Waals surface area contributed by atoms with Gasteiger partial charge in [-0.05, 0) is 31.0 Å². The van der Waals surface area contributed by atoms with Gasteiger partial charge in [-0.1, -0.05) is 49.4 Å². The van der Waals surface area contributed by atoms with E-state index in [9.17, 15) is 4.79 Å². The maximum absolute atomic E-state index is 12.9. The molecule has 1 aliphatic rings. The molecule has 0 unspecified atom stereocenters. The van der Waals surface area contributed by atoms with E-state index in [1.165, 1.54) is 0 Å². The zero-order chi connectivity index (χ0) is 14.9. The smallest absolute Gasteiger partial charge is 0.258 e. The summed E-state index contributed by atoms with van der Waals surface area (Å²) in [5, 5.41) is 3.53. The average molecular weight is 280 g/mol. The number of fused-ring (bicyclic) bond motifs is 1. The molecule has 1 amide bonds. The van der Waals surface area contributed by atoms with Crippen molar-refractivity contribution in [3.8, 4) is 0 Å². The number of benzene rings is 2. The number of hydrogen-bond acceptors (Lipinski definition) is 2. The molecule has 0 bridgehead atoms. The van der Waals surface area contributed by atoms with Gasteiger partial charge in [0.25, 0.3) is 5.91 Å². The molecule has 21 heavy (non-hydrogen) atoms. The Balaban J connectivity index is 1.99. The first kappa shape index (κ1) is 13.7. The Morgan fingerprint density at radius 1 is 1.05 bits per heavy atom. The first-order valence-electron chi connectivity index (χ1n) is 7.37. The number of nitrogens with zero attached hydrogens (tertiary/aromatic N) is 1. The molecule has 0 fully saturated rings. The molecule has 1 heterocycles. The molecule has 2 aromatic carbocycles. The number of amides is 1. The Kier molecular flexibility index (Phi) is 3.42. The Hall–Kier alpha value is -2.29. The largest absolute Gasteiger partial charge is 0.362 e. The minimum Gasteiger partial charge on any atom is -0.362 e. The summed E-state index contributed by atoms with van der Waals surface area (Å²) in [5.74, 6) is 0.0950. The predicted octanol–water partition coefficient (Wildman–Crippen LogP) is 3.88. The van der Waals surface area contributed by atoms with Gasteiger partial charge in [0.05, 0.1) is 5.56 Å². The fourth-order valence-electron chi connectivity index (χ4n) is 2.80. The molecule has 3 nitrogen and oxygen atoms in total. The molecule has 0 aliphatic carbocycles. The van der Waals surface area contributed by atoms with E-state index in [0.717, 1.165) is 23.2 Å². The van der Waals surface area contributed by atoms with E-state index in [0.29, 0.717) is 6.54 Å². The van der Waals surface area contributed by atoms with Crippen LogP contribution in [0.2, 0.25) is 0 Å². The van der Waals surface area contributed by atoms with Gasteiger partial charge in [-0.15, -0.1) is 0 Å². The fourth-order valence-corrected chi connectivity index (χ4v) is 2.80. The molecular formula is C18H20N2O. The quantitative estimate of drug-likeness (QED) is 0.925. The highest BCUT2D eigenvalue weighted by molar-refractivity contribution is 6.02. The van der Waals surface area contributed by atoms with E-state index in [2.05, 4.69) is 31.3 Å². The van der Waals surface area contributed by atoms with Crippen LogP contribution in [0.1, 0.15) is 36.2 Å². The summed E-state index contributed by atoms with van der Waals surface area (Å²) in [6, 6.07) is 17.9. The number of carbonyl (C=O) groups excluding carboxylic acids is 1. The van der Waals surface area contributed by atoms with Gasteiger partial charge in [-0.3, -0.25) is 4.79 Å². The minimum absolute atomic E-state index is 0.0950. The van der Waals surface area contributed by atoms with Crippen LogP contribution in [0.4, 0.5) is 5.69 Å². The number of anilines is 1. The number of para-hydroxylation sites is 1. The van der Waals surface area contributed by atoms with Crippen LogP contribution in [0.5, 0.6) is 0 Å². The van der Waals surface area contributed by atoms with Crippen LogP contribution in [0.3, 0.4) is 0 Å². The zero-order valence-corrected chi connectivity index (χ0v) is 12.5. The van der Waals surface area contributed by atoms with Crippen molar-refractivity contribution in [3.05, 3.63) is 65.7 Å². The van der Waals surface area contributed by atoms with Crippen LogP contribution in [0, 0.1) is 0 Å². The molecule has 0 radical (unpaired) electrons. The van der Waals surface area contributed by atoms with Gasteiger partial charge in [-0.25, -0.2) is 0 Å². The molecule has 108 valence electrons. The van der Waals surface area contributed by atoms with Crippen molar-refractivity contribution in [3.63, 3.8) is 0 Å². The van der Waals surface area contributed by atoms with Gasteiger partial charge in [0.15, 0.2) is 0 Å². The van der Waals surface area contributed by atoms with E-state index < -0.39 is 0 Å². The van der Waals surface area contributed by atoms with Crippen LogP contribution in [0.25, 0.3) is 0 Å². The summed E-state index contributed by atoms with van der Waals surface area (Å²) in [4.78, 5) is 14.8. The summed E-state index contributed by atoms with van der Waals surface area (Å²) in [6.45, 7) is 4.81. The second-order valence-electron chi connectivity index (χ2n) is 5.67. The summed E-state index contributed by atoms with van der Waals surface area (Å²) in [5.41, 5.74) is 2.46. The van der Waals surface area contributed by atoms with E-state index in [1.807, 2.05) is 47.4 Å². The summed E-state index contributed by atoms with van der Waals surface area (Å²) < 4.78 is 0. The number of carbonyl (C=O) groups is 1. The Morgan fingerprint density at radius 3 is 2.43 bits per heavy atom. The summed E-state index contributed by atoms with van der Waals surface area (Å²) >= 11 is 0. The van der Waals surface area contributed by atoms with Crippen LogP contribution in [-0.2, 0) is 6.54 Å². The lowest BCUT2D eigenvalue weighted by Crippen LogP contribution is -2.57. The first-order chi connectivity index (χ1) is 10.1.